The third-order valence-corrected chi connectivity index (χ3v) is 1.59. The van der Waals surface area contributed by atoms with Gasteiger partial charge < -0.3 is 0 Å². The number of hydrogen-bond donors (Lipinski definition) is 0. The van der Waals surface area contributed by atoms with Crippen molar-refractivity contribution >= 4 is 0 Å². The number of halogens is 8. The normalized spacial score (nSPS) is 33.2. The molecule has 0 bridgehead atoms. The second-order valence-corrected chi connectivity index (χ2v) is 2.54. The van der Waals surface area contributed by atoms with Gasteiger partial charge in [0.15, 0.2) is 0 Å². The molecule has 0 aromatic heterocycles. The van der Waals surface area contributed by atoms with E-state index < -0.39 is 30.1 Å². The molecule has 0 aromatic carbocycles. The van der Waals surface area contributed by atoms with Crippen LogP contribution in [-0.4, -0.2) is 23.7 Å². The van der Waals surface area contributed by atoms with Gasteiger partial charge in [-0.25, -0.2) is 0 Å². The lowest BCUT2D eigenvalue weighted by Gasteiger charge is -2.23. The minimum Gasteiger partial charge on any atom is -0.199 e. The van der Waals surface area contributed by atoms with Crippen LogP contribution in [-0.2, 0) is 0 Å². The second kappa shape index (κ2) is 2.09. The molecule has 1 aliphatic rings. The molecule has 1 aliphatic carbocycles. The summed E-state index contributed by atoms with van der Waals surface area (Å²) in [4.78, 5) is 0. The van der Waals surface area contributed by atoms with Gasteiger partial charge in [-0.05, 0) is 0 Å². The first-order chi connectivity index (χ1) is 5.46. The Morgan fingerprint density at radius 3 is 0.846 bits per heavy atom. The number of hydrogen-bond acceptors (Lipinski definition) is 0. The molecule has 0 N–H and O–H groups in total. The molecule has 0 saturated heterocycles. The van der Waals surface area contributed by atoms with Gasteiger partial charge in [0.1, 0.15) is 6.42 Å². The van der Waals surface area contributed by atoms with E-state index in [9.17, 15) is 35.1 Å². The fraction of sp³-hybridized carbons (Fsp3) is 0.800. The summed E-state index contributed by atoms with van der Waals surface area (Å²) in [5.74, 6) is -23.1. The van der Waals surface area contributed by atoms with E-state index in [1.54, 1.807) is 0 Å². The summed E-state index contributed by atoms with van der Waals surface area (Å²) in [7, 11) is 0. The van der Waals surface area contributed by atoms with Gasteiger partial charge in [0.2, 0.25) is 0 Å². The van der Waals surface area contributed by atoms with Gasteiger partial charge in [-0.1, -0.05) is 0 Å². The predicted molar refractivity (Wildman–Crippen MR) is 24.1 cm³/mol. The molecular weight excluding hydrogens is 212 g/mol. The molecule has 8 heteroatoms. The van der Waals surface area contributed by atoms with Gasteiger partial charge in [0, 0.05) is 0 Å². The van der Waals surface area contributed by atoms with Gasteiger partial charge in [-0.3, -0.25) is 0 Å². The highest BCUT2D eigenvalue weighted by Crippen LogP contribution is 2.62. The smallest absolute Gasteiger partial charge is 0.199 e. The summed E-state index contributed by atoms with van der Waals surface area (Å²) in [5, 5.41) is 0. The van der Waals surface area contributed by atoms with Crippen molar-refractivity contribution in [3.05, 3.63) is 6.42 Å². The summed E-state index contributed by atoms with van der Waals surface area (Å²) in [6.07, 6.45) is -1.62. The highest BCUT2D eigenvalue weighted by molar-refractivity contribution is 5.23. The SMILES string of the molecule is FC1(F)[CH]C(F)(F)C(F)(F)C1(F)F. The Morgan fingerprint density at radius 1 is 0.538 bits per heavy atom. The van der Waals surface area contributed by atoms with Crippen LogP contribution >= 0.6 is 0 Å². The van der Waals surface area contributed by atoms with Crippen molar-refractivity contribution in [2.75, 3.05) is 0 Å². The molecule has 1 saturated carbocycles. The van der Waals surface area contributed by atoms with E-state index in [0.717, 1.165) is 0 Å². The van der Waals surface area contributed by atoms with E-state index in [2.05, 4.69) is 0 Å². The third kappa shape index (κ3) is 0.969. The van der Waals surface area contributed by atoms with E-state index in [0.29, 0.717) is 0 Å². The highest BCUT2D eigenvalue weighted by Gasteiger charge is 2.88. The minimum absolute atomic E-state index is 1.62. The van der Waals surface area contributed by atoms with Crippen molar-refractivity contribution in [1.29, 1.82) is 0 Å². The third-order valence-electron chi connectivity index (χ3n) is 1.59. The van der Waals surface area contributed by atoms with Crippen molar-refractivity contribution < 1.29 is 35.1 Å². The summed E-state index contributed by atoms with van der Waals surface area (Å²) in [6, 6.07) is 0. The lowest BCUT2D eigenvalue weighted by Crippen LogP contribution is -2.51. The van der Waals surface area contributed by atoms with E-state index >= 15 is 0 Å². The molecule has 13 heavy (non-hydrogen) atoms. The van der Waals surface area contributed by atoms with Crippen LogP contribution < -0.4 is 0 Å². The van der Waals surface area contributed by atoms with Crippen molar-refractivity contribution in [1.82, 2.24) is 0 Å². The van der Waals surface area contributed by atoms with Gasteiger partial charge in [-0.15, -0.1) is 0 Å². The molecule has 1 rings (SSSR count). The molecule has 0 aliphatic heterocycles. The van der Waals surface area contributed by atoms with Crippen LogP contribution in [0.25, 0.3) is 0 Å². The molecule has 0 nitrogen and oxygen atoms in total. The maximum absolute atomic E-state index is 12.0. The molecule has 77 valence electrons. The zero-order chi connectivity index (χ0) is 10.7. The summed E-state index contributed by atoms with van der Waals surface area (Å²) in [6.45, 7) is 0. The first-order valence-corrected chi connectivity index (χ1v) is 2.84. The van der Waals surface area contributed by atoms with Gasteiger partial charge in [0.05, 0.1) is 0 Å². The molecule has 0 spiro atoms. The zero-order valence-electron chi connectivity index (χ0n) is 5.60. The summed E-state index contributed by atoms with van der Waals surface area (Å²) >= 11 is 0. The van der Waals surface area contributed by atoms with Gasteiger partial charge in [0.25, 0.3) is 0 Å². The molecule has 0 unspecified atom stereocenters. The number of rotatable bonds is 0. The molecular formula is C5HF8. The van der Waals surface area contributed by atoms with Crippen molar-refractivity contribution in [2.45, 2.75) is 23.7 Å². The average Bonchev–Trinajstić information content (AvgIpc) is 1.88. The fourth-order valence-corrected chi connectivity index (χ4v) is 0.828. The Balaban J connectivity index is 3.24. The molecule has 0 heterocycles. The van der Waals surface area contributed by atoms with Gasteiger partial charge >= 0.3 is 23.7 Å². The van der Waals surface area contributed by atoms with E-state index in [1.165, 1.54) is 0 Å². The Bertz CT molecular complexity index is 205. The Morgan fingerprint density at radius 2 is 0.769 bits per heavy atom. The van der Waals surface area contributed by atoms with Crippen LogP contribution in [0.5, 0.6) is 0 Å². The van der Waals surface area contributed by atoms with E-state index in [1.807, 2.05) is 0 Å². The lowest BCUT2D eigenvalue weighted by molar-refractivity contribution is -0.303. The standard InChI is InChI=1S/C5HF8/c6-2(7)1-3(8,9)5(12,13)4(2,10)11/h1H. The first kappa shape index (κ1) is 10.5. The highest BCUT2D eigenvalue weighted by atomic mass is 19.4. The quantitative estimate of drug-likeness (QED) is 0.542. The monoisotopic (exact) mass is 213 g/mol. The minimum atomic E-state index is -6.05. The van der Waals surface area contributed by atoms with Crippen LogP contribution in [0.15, 0.2) is 0 Å². The topological polar surface area (TPSA) is 0 Å². The first-order valence-electron chi connectivity index (χ1n) is 2.84. The molecule has 0 amide bonds. The van der Waals surface area contributed by atoms with Crippen LogP contribution in [0.2, 0.25) is 0 Å². The largest absolute Gasteiger partial charge is 0.378 e. The molecule has 1 radical (unpaired) electrons. The molecule has 1 fully saturated rings. The van der Waals surface area contributed by atoms with Crippen LogP contribution in [0.3, 0.4) is 0 Å². The lowest BCUT2D eigenvalue weighted by atomic mass is 10.2. The Kier molecular flexibility index (Phi) is 1.69. The zero-order valence-corrected chi connectivity index (χ0v) is 5.60. The van der Waals surface area contributed by atoms with E-state index in [4.69, 9.17) is 0 Å². The summed E-state index contributed by atoms with van der Waals surface area (Å²) < 4.78 is 95.7. The second-order valence-electron chi connectivity index (χ2n) is 2.54. The van der Waals surface area contributed by atoms with Crippen molar-refractivity contribution in [3.63, 3.8) is 0 Å². The van der Waals surface area contributed by atoms with E-state index in [-0.39, 0.29) is 0 Å². The van der Waals surface area contributed by atoms with Crippen LogP contribution in [0, 0.1) is 6.42 Å². The maximum atomic E-state index is 12.0. The predicted octanol–water partition coefficient (Wildman–Crippen LogP) is 2.75. The van der Waals surface area contributed by atoms with Gasteiger partial charge in [-0.2, -0.15) is 35.1 Å². The average molecular weight is 213 g/mol. The summed E-state index contributed by atoms with van der Waals surface area (Å²) in [5.41, 5.74) is 0. The van der Waals surface area contributed by atoms with Crippen LogP contribution in [0.4, 0.5) is 35.1 Å². The fourth-order valence-electron chi connectivity index (χ4n) is 0.828. The van der Waals surface area contributed by atoms with Crippen molar-refractivity contribution in [3.8, 4) is 0 Å². The van der Waals surface area contributed by atoms with Crippen molar-refractivity contribution in [2.24, 2.45) is 0 Å². The number of alkyl halides is 8. The molecule has 0 aromatic rings. The Labute approximate surface area is 66.5 Å². The Hall–Kier alpha value is -0.560. The van der Waals surface area contributed by atoms with Crippen LogP contribution in [0.1, 0.15) is 0 Å². The maximum Gasteiger partial charge on any atom is 0.378 e. The molecule has 0 atom stereocenters.